The van der Waals surface area contributed by atoms with E-state index < -0.39 is 4.92 Å². The minimum atomic E-state index is -0.398. The van der Waals surface area contributed by atoms with Crippen LogP contribution in [0.3, 0.4) is 0 Å². The van der Waals surface area contributed by atoms with Crippen molar-refractivity contribution in [1.29, 1.82) is 0 Å². The summed E-state index contributed by atoms with van der Waals surface area (Å²) in [5.74, 6) is 0.394. The summed E-state index contributed by atoms with van der Waals surface area (Å²) < 4.78 is 0. The van der Waals surface area contributed by atoms with E-state index in [0.717, 1.165) is 22.5 Å². The molecule has 24 heavy (non-hydrogen) atoms. The third kappa shape index (κ3) is 2.96. The topological polar surface area (TPSA) is 96.7 Å². The van der Waals surface area contributed by atoms with Crippen LogP contribution in [-0.2, 0) is 0 Å². The maximum atomic E-state index is 11.1. The summed E-state index contributed by atoms with van der Waals surface area (Å²) in [5, 5.41) is 14.1. The first-order chi connectivity index (χ1) is 11.5. The maximum absolute atomic E-state index is 11.1. The van der Waals surface area contributed by atoms with Crippen LogP contribution in [0.2, 0.25) is 0 Å². The summed E-state index contributed by atoms with van der Waals surface area (Å²) in [6.07, 6.45) is 3.60. The summed E-state index contributed by atoms with van der Waals surface area (Å²) in [7, 11) is 0. The van der Waals surface area contributed by atoms with Crippen molar-refractivity contribution in [3.05, 3.63) is 63.6 Å². The van der Waals surface area contributed by atoms with Gasteiger partial charge in [-0.15, -0.1) is 0 Å². The number of rotatable bonds is 4. The van der Waals surface area contributed by atoms with Crippen molar-refractivity contribution in [2.45, 2.75) is 20.8 Å². The predicted octanol–water partition coefficient (Wildman–Crippen LogP) is 4.05. The lowest BCUT2D eigenvalue weighted by Crippen LogP contribution is -2.00. The number of aromatic nitrogens is 3. The smallest absolute Gasteiger partial charge is 0.274 e. The Balaban J connectivity index is 1.94. The number of nitro groups is 1. The molecule has 0 bridgehead atoms. The second-order valence-corrected chi connectivity index (χ2v) is 5.62. The summed E-state index contributed by atoms with van der Waals surface area (Å²) in [4.78, 5) is 22.5. The molecular weight excluding hydrogens is 306 g/mol. The van der Waals surface area contributed by atoms with E-state index >= 15 is 0 Å². The van der Waals surface area contributed by atoms with Crippen molar-refractivity contribution in [2.24, 2.45) is 0 Å². The molecular formula is C17H17N5O2. The van der Waals surface area contributed by atoms with Gasteiger partial charge in [0, 0.05) is 41.0 Å². The van der Waals surface area contributed by atoms with Crippen LogP contribution < -0.4 is 5.32 Å². The predicted molar refractivity (Wildman–Crippen MR) is 92.4 cm³/mol. The van der Waals surface area contributed by atoms with E-state index in [9.17, 15) is 10.1 Å². The number of hydrogen-bond donors (Lipinski definition) is 2. The number of H-pyrrole nitrogens is 1. The molecule has 7 heteroatoms. The number of nitro benzene ring substituents is 1. The van der Waals surface area contributed by atoms with Gasteiger partial charge in [-0.3, -0.25) is 10.1 Å². The van der Waals surface area contributed by atoms with E-state index in [1.54, 1.807) is 25.3 Å². The lowest BCUT2D eigenvalue weighted by Gasteiger charge is -2.08. The van der Waals surface area contributed by atoms with E-state index in [-0.39, 0.29) is 5.69 Å². The molecule has 122 valence electrons. The third-order valence-corrected chi connectivity index (χ3v) is 3.85. The van der Waals surface area contributed by atoms with Crippen molar-refractivity contribution in [3.63, 3.8) is 0 Å². The Hall–Kier alpha value is -3.22. The first-order valence-corrected chi connectivity index (χ1v) is 7.46. The lowest BCUT2D eigenvalue weighted by atomic mass is 10.1. The summed E-state index contributed by atoms with van der Waals surface area (Å²) in [5.41, 5.74) is 5.21. The fraction of sp³-hybridized carbons (Fsp3) is 0.176. The second-order valence-electron chi connectivity index (χ2n) is 5.62. The highest BCUT2D eigenvalue weighted by Gasteiger charge is 2.13. The number of anilines is 2. The minimum absolute atomic E-state index is 0.0634. The van der Waals surface area contributed by atoms with Crippen LogP contribution in [-0.4, -0.2) is 19.9 Å². The number of aromatic amines is 1. The van der Waals surface area contributed by atoms with Gasteiger partial charge in [-0.05, 0) is 38.5 Å². The molecule has 0 saturated carbocycles. The number of benzene rings is 1. The van der Waals surface area contributed by atoms with E-state index in [4.69, 9.17) is 0 Å². The normalized spacial score (nSPS) is 10.6. The van der Waals surface area contributed by atoms with E-state index in [1.165, 1.54) is 6.07 Å². The Bertz CT molecular complexity index is 898. The van der Waals surface area contributed by atoms with Gasteiger partial charge in [0.05, 0.1) is 10.6 Å². The maximum Gasteiger partial charge on any atom is 0.274 e. The Morgan fingerprint density at radius 1 is 1.17 bits per heavy atom. The van der Waals surface area contributed by atoms with Crippen LogP contribution in [0.5, 0.6) is 0 Å². The van der Waals surface area contributed by atoms with Crippen molar-refractivity contribution < 1.29 is 4.92 Å². The SMILES string of the molecule is Cc1ccc(Nc2nccc(-c3c(C)c[nH]c3C)n2)cc1[N+](=O)[O-]. The van der Waals surface area contributed by atoms with E-state index in [0.29, 0.717) is 17.2 Å². The molecule has 0 fully saturated rings. The average Bonchev–Trinajstić information content (AvgIpc) is 2.88. The van der Waals surface area contributed by atoms with Crippen molar-refractivity contribution in [2.75, 3.05) is 5.32 Å². The highest BCUT2D eigenvalue weighted by Crippen LogP contribution is 2.27. The van der Waals surface area contributed by atoms with Crippen molar-refractivity contribution >= 4 is 17.3 Å². The zero-order chi connectivity index (χ0) is 17.3. The molecule has 0 aliphatic rings. The van der Waals surface area contributed by atoms with Gasteiger partial charge in [0.15, 0.2) is 0 Å². The molecule has 0 saturated heterocycles. The van der Waals surface area contributed by atoms with Crippen LogP contribution in [0.4, 0.5) is 17.3 Å². The molecule has 7 nitrogen and oxygen atoms in total. The number of nitrogens with one attached hydrogen (secondary N) is 2. The lowest BCUT2D eigenvalue weighted by molar-refractivity contribution is -0.385. The van der Waals surface area contributed by atoms with Crippen LogP contribution in [0, 0.1) is 30.9 Å². The van der Waals surface area contributed by atoms with Crippen molar-refractivity contribution in [1.82, 2.24) is 15.0 Å². The molecule has 1 aromatic carbocycles. The van der Waals surface area contributed by atoms with Gasteiger partial charge < -0.3 is 10.3 Å². The third-order valence-electron chi connectivity index (χ3n) is 3.85. The molecule has 0 aliphatic carbocycles. The zero-order valence-electron chi connectivity index (χ0n) is 13.6. The number of hydrogen-bond acceptors (Lipinski definition) is 5. The Morgan fingerprint density at radius 2 is 1.96 bits per heavy atom. The average molecular weight is 323 g/mol. The molecule has 0 spiro atoms. The first kappa shape index (κ1) is 15.7. The van der Waals surface area contributed by atoms with Gasteiger partial charge in [0.2, 0.25) is 5.95 Å². The highest BCUT2D eigenvalue weighted by molar-refractivity contribution is 5.68. The quantitative estimate of drug-likeness (QED) is 0.557. The van der Waals surface area contributed by atoms with Crippen molar-refractivity contribution in [3.8, 4) is 11.3 Å². The van der Waals surface area contributed by atoms with Crippen LogP contribution >= 0.6 is 0 Å². The molecule has 2 aromatic heterocycles. The standard InChI is InChI=1S/C17H17N5O2/c1-10-4-5-13(8-15(10)22(23)24)20-17-18-7-6-14(21-17)16-11(2)9-19-12(16)3/h4-9,19H,1-3H3,(H,18,20,21). The highest BCUT2D eigenvalue weighted by atomic mass is 16.6. The number of nitrogens with zero attached hydrogens (tertiary/aromatic N) is 3. The van der Waals surface area contributed by atoms with Gasteiger partial charge in [-0.1, -0.05) is 6.07 Å². The van der Waals surface area contributed by atoms with Gasteiger partial charge in [0.25, 0.3) is 5.69 Å². The minimum Gasteiger partial charge on any atom is -0.364 e. The van der Waals surface area contributed by atoms with Gasteiger partial charge in [-0.2, -0.15) is 0 Å². The molecule has 3 rings (SSSR count). The monoisotopic (exact) mass is 323 g/mol. The molecule has 0 aliphatic heterocycles. The van der Waals surface area contributed by atoms with Crippen LogP contribution in [0.1, 0.15) is 16.8 Å². The fourth-order valence-corrected chi connectivity index (χ4v) is 2.62. The number of aryl methyl sites for hydroxylation is 3. The molecule has 0 atom stereocenters. The fourth-order valence-electron chi connectivity index (χ4n) is 2.62. The van der Waals surface area contributed by atoms with Crippen LogP contribution in [0.15, 0.2) is 36.7 Å². The van der Waals surface area contributed by atoms with Crippen LogP contribution in [0.25, 0.3) is 11.3 Å². The molecule has 2 N–H and O–H groups in total. The summed E-state index contributed by atoms with van der Waals surface area (Å²) >= 11 is 0. The molecule has 0 unspecified atom stereocenters. The van der Waals surface area contributed by atoms with Gasteiger partial charge >= 0.3 is 0 Å². The largest absolute Gasteiger partial charge is 0.364 e. The van der Waals surface area contributed by atoms with E-state index in [2.05, 4.69) is 20.3 Å². The Morgan fingerprint density at radius 3 is 2.62 bits per heavy atom. The second kappa shape index (κ2) is 6.11. The van der Waals surface area contributed by atoms with Gasteiger partial charge in [-0.25, -0.2) is 9.97 Å². The molecule has 3 aromatic rings. The van der Waals surface area contributed by atoms with E-state index in [1.807, 2.05) is 26.1 Å². The zero-order valence-corrected chi connectivity index (χ0v) is 13.6. The molecule has 0 radical (unpaired) electrons. The first-order valence-electron chi connectivity index (χ1n) is 7.46. The Kier molecular flexibility index (Phi) is 3.99. The molecule has 0 amide bonds. The summed E-state index contributed by atoms with van der Waals surface area (Å²) in [6.45, 7) is 5.70. The molecule has 2 heterocycles. The van der Waals surface area contributed by atoms with Gasteiger partial charge in [0.1, 0.15) is 0 Å². The Labute approximate surface area is 138 Å². The summed E-state index contributed by atoms with van der Waals surface area (Å²) in [6, 6.07) is 6.79.